The quantitative estimate of drug-likeness (QED) is 0.532. The summed E-state index contributed by atoms with van der Waals surface area (Å²) in [6.45, 7) is -0.661. The van der Waals surface area contributed by atoms with Crippen molar-refractivity contribution in [1.82, 2.24) is 15.1 Å². The first-order valence-corrected chi connectivity index (χ1v) is 10.7. The van der Waals surface area contributed by atoms with Gasteiger partial charge in [-0.05, 0) is 38.5 Å². The first kappa shape index (κ1) is 22.5. The zero-order chi connectivity index (χ0) is 21.8. The minimum Gasteiger partial charge on any atom is -0.480 e. The number of aliphatic hydroxyl groups excluding tert-OH is 1. The Morgan fingerprint density at radius 1 is 1.03 bits per heavy atom. The van der Waals surface area contributed by atoms with E-state index in [1.54, 1.807) is 7.11 Å². The van der Waals surface area contributed by atoms with E-state index in [9.17, 15) is 24.3 Å². The van der Waals surface area contributed by atoms with Crippen LogP contribution in [0.1, 0.15) is 57.8 Å². The second kappa shape index (κ2) is 9.74. The van der Waals surface area contributed by atoms with Gasteiger partial charge in [0.25, 0.3) is 0 Å². The smallest absolute Gasteiger partial charge is 0.329 e. The van der Waals surface area contributed by atoms with Crippen LogP contribution in [0.25, 0.3) is 0 Å². The third kappa shape index (κ3) is 4.59. The molecule has 4 amide bonds. The Morgan fingerprint density at radius 3 is 2.23 bits per heavy atom. The minimum absolute atomic E-state index is 0.0871. The number of carbonyl (C=O) groups is 4. The molecule has 2 saturated carbocycles. The summed E-state index contributed by atoms with van der Waals surface area (Å²) in [5.74, 6) is -4.41. The molecule has 0 aromatic rings. The first-order chi connectivity index (χ1) is 14.3. The van der Waals surface area contributed by atoms with Crippen molar-refractivity contribution in [3.63, 3.8) is 0 Å². The zero-order valence-electron chi connectivity index (χ0n) is 17.3. The summed E-state index contributed by atoms with van der Waals surface area (Å²) >= 11 is 0. The molecule has 30 heavy (non-hydrogen) atoms. The van der Waals surface area contributed by atoms with Gasteiger partial charge in [-0.3, -0.25) is 24.2 Å². The molecular formula is C20H31N3O7. The predicted molar refractivity (Wildman–Crippen MR) is 104 cm³/mol. The minimum atomic E-state index is -1.62. The molecule has 3 N–H and O–H groups in total. The van der Waals surface area contributed by atoms with E-state index >= 15 is 0 Å². The Kier molecular flexibility index (Phi) is 7.30. The van der Waals surface area contributed by atoms with Gasteiger partial charge in [0.05, 0.1) is 6.10 Å². The number of urea groups is 1. The van der Waals surface area contributed by atoms with Gasteiger partial charge in [0.2, 0.25) is 11.8 Å². The molecule has 10 nitrogen and oxygen atoms in total. The van der Waals surface area contributed by atoms with Crippen LogP contribution in [0.3, 0.4) is 0 Å². The fourth-order valence-electron chi connectivity index (χ4n) is 4.90. The lowest BCUT2D eigenvalue weighted by atomic mass is 9.88. The third-order valence-corrected chi connectivity index (χ3v) is 6.52. The summed E-state index contributed by atoms with van der Waals surface area (Å²) in [5.41, 5.74) is 0. The molecule has 0 aromatic carbocycles. The van der Waals surface area contributed by atoms with Crippen molar-refractivity contribution in [2.24, 2.45) is 5.92 Å². The van der Waals surface area contributed by atoms with Crippen LogP contribution in [0.5, 0.6) is 0 Å². The number of carboxylic acid groups (broad SMARTS) is 1. The molecule has 168 valence electrons. The van der Waals surface area contributed by atoms with Gasteiger partial charge in [0.1, 0.15) is 6.54 Å². The summed E-state index contributed by atoms with van der Waals surface area (Å²) in [6, 6.07) is -1.17. The SMILES string of the molecule is CO[C@H]1CC[C@H](N2C(=O)N(C3CCCCC3)C(=O)C(C(=O)NCC(=O)O)C2O)CC1. The molecular weight excluding hydrogens is 394 g/mol. The molecule has 10 heteroatoms. The largest absolute Gasteiger partial charge is 0.480 e. The highest BCUT2D eigenvalue weighted by Crippen LogP contribution is 2.35. The number of hydrogen-bond acceptors (Lipinski definition) is 6. The summed E-state index contributed by atoms with van der Waals surface area (Å²) in [6.07, 6.45) is 5.22. The molecule has 2 aliphatic carbocycles. The van der Waals surface area contributed by atoms with Gasteiger partial charge < -0.3 is 20.3 Å². The molecule has 3 fully saturated rings. The molecule has 0 spiro atoms. The van der Waals surface area contributed by atoms with Crippen LogP contribution < -0.4 is 5.32 Å². The van der Waals surface area contributed by atoms with E-state index < -0.39 is 42.5 Å². The highest BCUT2D eigenvalue weighted by Gasteiger charge is 2.53. The number of nitrogens with zero attached hydrogens (tertiary/aromatic N) is 2. The van der Waals surface area contributed by atoms with Crippen molar-refractivity contribution in [2.75, 3.05) is 13.7 Å². The van der Waals surface area contributed by atoms with Crippen LogP contribution in [0.4, 0.5) is 4.79 Å². The maximum absolute atomic E-state index is 13.3. The highest BCUT2D eigenvalue weighted by atomic mass is 16.5. The lowest BCUT2D eigenvalue weighted by molar-refractivity contribution is -0.163. The maximum atomic E-state index is 13.3. The number of nitrogens with one attached hydrogen (secondary N) is 1. The standard InChI is InChI=1S/C20H31N3O7/c1-30-14-9-7-13(8-10-14)23-19(28)16(17(26)21-11-15(24)25)18(27)22(20(23)29)12-5-3-2-4-6-12/h12-14,16,19,28H,2-11H2,1H3,(H,21,26)(H,24,25)/t13-,14-,16?,19?. The van der Waals surface area contributed by atoms with Crippen molar-refractivity contribution in [3.05, 3.63) is 0 Å². The Labute approximate surface area is 175 Å². The van der Waals surface area contributed by atoms with Crippen LogP contribution in [0.15, 0.2) is 0 Å². The molecule has 0 aromatic heterocycles. The lowest BCUT2D eigenvalue weighted by Crippen LogP contribution is -2.69. The summed E-state index contributed by atoms with van der Waals surface area (Å²) in [7, 11) is 1.64. The normalized spacial score (nSPS) is 31.0. The van der Waals surface area contributed by atoms with Crippen molar-refractivity contribution in [2.45, 2.75) is 82.2 Å². The summed E-state index contributed by atoms with van der Waals surface area (Å²) in [5, 5.41) is 21.9. The molecule has 1 saturated heterocycles. The number of methoxy groups -OCH3 is 1. The number of carboxylic acids is 1. The summed E-state index contributed by atoms with van der Waals surface area (Å²) in [4.78, 5) is 52.4. The van der Waals surface area contributed by atoms with E-state index in [2.05, 4.69) is 5.32 Å². The van der Waals surface area contributed by atoms with Crippen molar-refractivity contribution < 1.29 is 34.1 Å². The number of ether oxygens (including phenoxy) is 1. The number of imide groups is 1. The van der Waals surface area contributed by atoms with E-state index in [0.29, 0.717) is 38.5 Å². The molecule has 0 radical (unpaired) electrons. The molecule has 1 heterocycles. The van der Waals surface area contributed by atoms with Crippen molar-refractivity contribution in [3.8, 4) is 0 Å². The molecule has 3 aliphatic rings. The van der Waals surface area contributed by atoms with Gasteiger partial charge in [-0.1, -0.05) is 19.3 Å². The Hall–Kier alpha value is -2.20. The predicted octanol–water partition coefficient (Wildman–Crippen LogP) is 0.676. The highest BCUT2D eigenvalue weighted by molar-refractivity contribution is 6.09. The average Bonchev–Trinajstić information content (AvgIpc) is 2.73. The average molecular weight is 425 g/mol. The van der Waals surface area contributed by atoms with Gasteiger partial charge in [0.15, 0.2) is 12.1 Å². The molecule has 1 aliphatic heterocycles. The number of aliphatic carboxylic acids is 1. The van der Waals surface area contributed by atoms with E-state index in [-0.39, 0.29) is 18.2 Å². The Bertz CT molecular complexity index is 671. The van der Waals surface area contributed by atoms with E-state index in [1.807, 2.05) is 0 Å². The van der Waals surface area contributed by atoms with Crippen molar-refractivity contribution in [1.29, 1.82) is 0 Å². The fourth-order valence-corrected chi connectivity index (χ4v) is 4.90. The van der Waals surface area contributed by atoms with Crippen LogP contribution in [0.2, 0.25) is 0 Å². The third-order valence-electron chi connectivity index (χ3n) is 6.52. The van der Waals surface area contributed by atoms with E-state index in [4.69, 9.17) is 9.84 Å². The van der Waals surface area contributed by atoms with Gasteiger partial charge in [0, 0.05) is 19.2 Å². The van der Waals surface area contributed by atoms with E-state index in [1.165, 1.54) is 4.90 Å². The first-order valence-electron chi connectivity index (χ1n) is 10.7. The summed E-state index contributed by atoms with van der Waals surface area (Å²) < 4.78 is 5.38. The monoisotopic (exact) mass is 425 g/mol. The molecule has 0 bridgehead atoms. The van der Waals surface area contributed by atoms with Gasteiger partial charge in [-0.25, -0.2) is 4.79 Å². The van der Waals surface area contributed by atoms with Gasteiger partial charge in [-0.2, -0.15) is 0 Å². The lowest BCUT2D eigenvalue weighted by Gasteiger charge is -2.49. The van der Waals surface area contributed by atoms with Crippen LogP contribution in [-0.4, -0.2) is 81.9 Å². The molecule has 3 rings (SSSR count). The maximum Gasteiger partial charge on any atom is 0.329 e. The number of rotatable bonds is 6. The Balaban J connectivity index is 1.86. The number of amides is 4. The molecule has 2 unspecified atom stereocenters. The number of hydrogen-bond donors (Lipinski definition) is 3. The van der Waals surface area contributed by atoms with Gasteiger partial charge in [-0.15, -0.1) is 0 Å². The second-order valence-electron chi connectivity index (χ2n) is 8.36. The number of carbonyl (C=O) groups excluding carboxylic acids is 3. The Morgan fingerprint density at radius 2 is 1.67 bits per heavy atom. The molecule has 2 atom stereocenters. The number of aliphatic hydroxyl groups is 1. The fraction of sp³-hybridized carbons (Fsp3) is 0.800. The topological polar surface area (TPSA) is 136 Å². The van der Waals surface area contributed by atoms with Crippen LogP contribution in [0, 0.1) is 5.92 Å². The van der Waals surface area contributed by atoms with Crippen LogP contribution in [-0.2, 0) is 19.1 Å². The zero-order valence-corrected chi connectivity index (χ0v) is 17.3. The van der Waals surface area contributed by atoms with Gasteiger partial charge >= 0.3 is 12.0 Å². The second-order valence-corrected chi connectivity index (χ2v) is 8.36. The van der Waals surface area contributed by atoms with E-state index in [0.717, 1.165) is 24.2 Å². The van der Waals surface area contributed by atoms with Crippen molar-refractivity contribution >= 4 is 23.8 Å². The van der Waals surface area contributed by atoms with Crippen LogP contribution >= 0.6 is 0 Å².